The maximum atomic E-state index is 12.5. The number of carbonyl (C=O) groups excluding carboxylic acids is 1. The van der Waals surface area contributed by atoms with E-state index in [1.165, 1.54) is 19.2 Å². The van der Waals surface area contributed by atoms with Gasteiger partial charge >= 0.3 is 24.3 Å². The fraction of sp³-hybridized carbons (Fsp3) is 0.778. The molecule has 3 N–H and O–H groups in total. The summed E-state index contributed by atoms with van der Waals surface area (Å²) in [6.07, 6.45) is -3.90. The Balaban J connectivity index is 4.31. The molecule has 2 amide bonds. The zero-order valence-electron chi connectivity index (χ0n) is 9.71. The van der Waals surface area contributed by atoms with Crippen molar-refractivity contribution in [3.63, 3.8) is 0 Å². The van der Waals surface area contributed by atoms with E-state index in [0.717, 1.165) is 0 Å². The number of carbonyl (C=O) groups is 2. The van der Waals surface area contributed by atoms with Crippen LogP contribution in [0.15, 0.2) is 0 Å². The van der Waals surface area contributed by atoms with E-state index in [2.05, 4.69) is 0 Å². The minimum absolute atomic E-state index is 0.483. The van der Waals surface area contributed by atoms with E-state index in [-0.39, 0.29) is 0 Å². The molecule has 0 aliphatic carbocycles. The number of hydrogen-bond donors (Lipinski definition) is 3. The van der Waals surface area contributed by atoms with E-state index in [0.29, 0.717) is 0 Å². The summed E-state index contributed by atoms with van der Waals surface area (Å²) in [7, 11) is 0. The van der Waals surface area contributed by atoms with Crippen molar-refractivity contribution in [2.45, 2.75) is 32.2 Å². The Morgan fingerprint density at radius 3 is 2.11 bits per heavy atom. The number of carboxylic acids is 1. The van der Waals surface area contributed by atoms with Crippen LogP contribution in [-0.2, 0) is 4.79 Å². The van der Waals surface area contributed by atoms with Gasteiger partial charge in [0.25, 0.3) is 0 Å². The van der Waals surface area contributed by atoms with Crippen molar-refractivity contribution in [3.05, 3.63) is 0 Å². The SMILES string of the molecule is CC(C)[C@@H](NC(=O)NCC(F)(F)C(F)F)C(=O)O. The van der Waals surface area contributed by atoms with Gasteiger partial charge in [-0.2, -0.15) is 8.78 Å². The van der Waals surface area contributed by atoms with Gasteiger partial charge in [-0.3, -0.25) is 0 Å². The summed E-state index contributed by atoms with van der Waals surface area (Å²) in [5.41, 5.74) is 0. The normalized spacial score (nSPS) is 13.6. The zero-order valence-corrected chi connectivity index (χ0v) is 9.71. The molecule has 0 rings (SSSR count). The van der Waals surface area contributed by atoms with Gasteiger partial charge in [0, 0.05) is 0 Å². The summed E-state index contributed by atoms with van der Waals surface area (Å²) in [6, 6.07) is -2.53. The first-order chi connectivity index (χ1) is 8.08. The molecular weight excluding hydrogens is 260 g/mol. The molecule has 0 unspecified atom stereocenters. The number of alkyl halides is 4. The molecule has 1 atom stereocenters. The average molecular weight is 274 g/mol. The molecule has 0 spiro atoms. The number of hydrogen-bond acceptors (Lipinski definition) is 2. The Morgan fingerprint density at radius 2 is 1.78 bits per heavy atom. The Kier molecular flexibility index (Phi) is 5.86. The van der Waals surface area contributed by atoms with Gasteiger partial charge < -0.3 is 15.7 Å². The molecule has 9 heteroatoms. The largest absolute Gasteiger partial charge is 0.480 e. The smallest absolute Gasteiger partial charge is 0.326 e. The lowest BCUT2D eigenvalue weighted by atomic mass is 10.1. The highest BCUT2D eigenvalue weighted by molar-refractivity contribution is 5.82. The van der Waals surface area contributed by atoms with Crippen molar-refractivity contribution in [2.75, 3.05) is 6.54 Å². The van der Waals surface area contributed by atoms with Crippen molar-refractivity contribution in [1.82, 2.24) is 10.6 Å². The first kappa shape index (κ1) is 16.5. The Bertz CT molecular complexity index is 310. The second-order valence-electron chi connectivity index (χ2n) is 3.95. The first-order valence-electron chi connectivity index (χ1n) is 5.01. The minimum atomic E-state index is -4.35. The Morgan fingerprint density at radius 1 is 1.28 bits per heavy atom. The van der Waals surface area contributed by atoms with Crippen LogP contribution < -0.4 is 10.6 Å². The van der Waals surface area contributed by atoms with Gasteiger partial charge in [0.1, 0.15) is 6.04 Å². The Labute approximate surface area is 101 Å². The van der Waals surface area contributed by atoms with Crippen molar-refractivity contribution in [3.8, 4) is 0 Å². The van der Waals surface area contributed by atoms with Crippen molar-refractivity contribution in [1.29, 1.82) is 0 Å². The molecule has 0 radical (unpaired) electrons. The second kappa shape index (κ2) is 6.41. The number of carboxylic acid groups (broad SMARTS) is 1. The summed E-state index contributed by atoms with van der Waals surface area (Å²) in [5.74, 6) is -6.18. The van der Waals surface area contributed by atoms with Crippen LogP contribution in [0.25, 0.3) is 0 Å². The lowest BCUT2D eigenvalue weighted by molar-refractivity contribution is -0.140. The van der Waals surface area contributed by atoms with Crippen LogP contribution in [0.1, 0.15) is 13.8 Å². The fourth-order valence-electron chi connectivity index (χ4n) is 0.981. The van der Waals surface area contributed by atoms with Crippen LogP contribution in [0.2, 0.25) is 0 Å². The predicted molar refractivity (Wildman–Crippen MR) is 53.7 cm³/mol. The monoisotopic (exact) mass is 274 g/mol. The molecule has 0 heterocycles. The molecule has 0 saturated heterocycles. The summed E-state index contributed by atoms with van der Waals surface area (Å²) in [6.45, 7) is 1.42. The molecule has 106 valence electrons. The highest BCUT2D eigenvalue weighted by Crippen LogP contribution is 2.21. The van der Waals surface area contributed by atoms with Crippen LogP contribution in [0.5, 0.6) is 0 Å². The molecule has 0 aromatic carbocycles. The number of halogens is 4. The van der Waals surface area contributed by atoms with Gasteiger partial charge in [0.15, 0.2) is 0 Å². The van der Waals surface area contributed by atoms with Gasteiger partial charge in [-0.1, -0.05) is 13.8 Å². The fourth-order valence-corrected chi connectivity index (χ4v) is 0.981. The minimum Gasteiger partial charge on any atom is -0.480 e. The lowest BCUT2D eigenvalue weighted by Crippen LogP contribution is -2.51. The number of amides is 2. The average Bonchev–Trinajstić information content (AvgIpc) is 2.22. The molecule has 0 aliphatic heterocycles. The number of aliphatic carboxylic acids is 1. The van der Waals surface area contributed by atoms with Gasteiger partial charge in [-0.25, -0.2) is 18.4 Å². The highest BCUT2D eigenvalue weighted by Gasteiger charge is 2.41. The predicted octanol–water partition coefficient (Wildman–Crippen LogP) is 1.30. The van der Waals surface area contributed by atoms with Crippen LogP contribution in [0, 0.1) is 5.92 Å². The van der Waals surface area contributed by atoms with Crippen molar-refractivity contribution in [2.24, 2.45) is 5.92 Å². The molecule has 18 heavy (non-hydrogen) atoms. The third kappa shape index (κ3) is 5.19. The van der Waals surface area contributed by atoms with Gasteiger partial charge in [0.05, 0.1) is 6.54 Å². The van der Waals surface area contributed by atoms with E-state index >= 15 is 0 Å². The summed E-state index contributed by atoms with van der Waals surface area (Å²) < 4.78 is 48.4. The third-order valence-electron chi connectivity index (χ3n) is 2.02. The quantitative estimate of drug-likeness (QED) is 0.639. The van der Waals surface area contributed by atoms with Crippen LogP contribution in [-0.4, -0.2) is 42.0 Å². The molecule has 5 nitrogen and oxygen atoms in total. The molecule has 0 fully saturated rings. The summed E-state index contributed by atoms with van der Waals surface area (Å²) in [5, 5.41) is 12.1. The standard InChI is InChI=1S/C9H14F4N2O3/c1-4(2)5(6(16)17)15-8(18)14-3-9(12,13)7(10)11/h4-5,7H,3H2,1-2H3,(H,16,17)(H2,14,15,18)/t5-/m1/s1. The zero-order chi connectivity index (χ0) is 14.5. The third-order valence-corrected chi connectivity index (χ3v) is 2.02. The molecule has 0 aliphatic rings. The van der Waals surface area contributed by atoms with Crippen LogP contribution >= 0.6 is 0 Å². The topological polar surface area (TPSA) is 78.4 Å². The molecular formula is C9H14F4N2O3. The van der Waals surface area contributed by atoms with E-state index in [1.807, 2.05) is 5.32 Å². The molecule has 0 aromatic heterocycles. The lowest BCUT2D eigenvalue weighted by Gasteiger charge is -2.20. The maximum Gasteiger partial charge on any atom is 0.326 e. The number of urea groups is 1. The van der Waals surface area contributed by atoms with Crippen molar-refractivity contribution < 1.29 is 32.3 Å². The van der Waals surface area contributed by atoms with E-state index in [1.54, 1.807) is 0 Å². The van der Waals surface area contributed by atoms with Crippen molar-refractivity contribution >= 4 is 12.0 Å². The summed E-state index contributed by atoms with van der Waals surface area (Å²) in [4.78, 5) is 21.7. The van der Waals surface area contributed by atoms with Crippen LogP contribution in [0.4, 0.5) is 22.4 Å². The summed E-state index contributed by atoms with van der Waals surface area (Å²) >= 11 is 0. The first-order valence-corrected chi connectivity index (χ1v) is 5.01. The number of nitrogens with one attached hydrogen (secondary N) is 2. The van der Waals surface area contributed by atoms with Gasteiger partial charge in [0.2, 0.25) is 0 Å². The molecule has 0 bridgehead atoms. The van der Waals surface area contributed by atoms with Gasteiger partial charge in [-0.15, -0.1) is 0 Å². The highest BCUT2D eigenvalue weighted by atomic mass is 19.3. The number of rotatable bonds is 6. The van der Waals surface area contributed by atoms with E-state index in [4.69, 9.17) is 5.11 Å². The maximum absolute atomic E-state index is 12.5. The molecule has 0 saturated carbocycles. The second-order valence-corrected chi connectivity index (χ2v) is 3.95. The van der Waals surface area contributed by atoms with Crippen LogP contribution in [0.3, 0.4) is 0 Å². The van der Waals surface area contributed by atoms with E-state index in [9.17, 15) is 27.2 Å². The Hall–Kier alpha value is -1.54. The van der Waals surface area contributed by atoms with E-state index < -0.39 is 42.9 Å². The van der Waals surface area contributed by atoms with Gasteiger partial charge in [-0.05, 0) is 5.92 Å². The molecule has 0 aromatic rings.